The molecule has 0 aromatic heterocycles. The van der Waals surface area contributed by atoms with Crippen molar-refractivity contribution in [2.24, 2.45) is 5.92 Å². The van der Waals surface area contributed by atoms with E-state index in [0.29, 0.717) is 55.3 Å². The number of rotatable bonds is 6. The van der Waals surface area contributed by atoms with E-state index in [0.717, 1.165) is 5.56 Å². The highest BCUT2D eigenvalue weighted by Gasteiger charge is 2.26. The minimum atomic E-state index is -0.119. The van der Waals surface area contributed by atoms with Gasteiger partial charge in [0.15, 0.2) is 17.3 Å². The minimum absolute atomic E-state index is 0.0305. The Morgan fingerprint density at radius 1 is 1.19 bits per heavy atom. The lowest BCUT2D eigenvalue weighted by Gasteiger charge is -2.22. The Balaban J connectivity index is 1.88. The second kappa shape index (κ2) is 8.50. The maximum absolute atomic E-state index is 12.9. The Labute approximate surface area is 153 Å². The molecule has 0 amide bonds. The molecule has 1 heterocycles. The molecule has 0 bridgehead atoms. The molecule has 0 atom stereocenters. The highest BCUT2D eigenvalue weighted by Crippen LogP contribution is 2.33. The molecule has 0 radical (unpaired) electrons. The van der Waals surface area contributed by atoms with E-state index >= 15 is 0 Å². The molecule has 1 saturated heterocycles. The maximum Gasteiger partial charge on any atom is 0.167 e. The molecule has 0 saturated carbocycles. The third-order valence-electron chi connectivity index (χ3n) is 4.52. The molecule has 2 aromatic carbocycles. The van der Waals surface area contributed by atoms with Crippen LogP contribution in [0.5, 0.6) is 11.5 Å². The van der Waals surface area contributed by atoms with Crippen molar-refractivity contribution >= 4 is 5.78 Å². The quantitative estimate of drug-likeness (QED) is 0.741. The third kappa shape index (κ3) is 4.04. The first-order valence-corrected chi connectivity index (χ1v) is 8.63. The van der Waals surface area contributed by atoms with Crippen molar-refractivity contribution < 1.29 is 19.0 Å². The van der Waals surface area contributed by atoms with Crippen molar-refractivity contribution in [1.82, 2.24) is 0 Å². The van der Waals surface area contributed by atoms with E-state index in [2.05, 4.69) is 6.07 Å². The molecule has 2 aromatic rings. The van der Waals surface area contributed by atoms with Gasteiger partial charge in [-0.25, -0.2) is 0 Å². The highest BCUT2D eigenvalue weighted by atomic mass is 16.5. The zero-order chi connectivity index (χ0) is 18.4. The predicted octanol–water partition coefficient (Wildman–Crippen LogP) is 3.76. The van der Waals surface area contributed by atoms with Crippen LogP contribution in [0, 0.1) is 17.2 Å². The number of ether oxygens (including phenoxy) is 3. The fourth-order valence-corrected chi connectivity index (χ4v) is 3.04. The van der Waals surface area contributed by atoms with E-state index in [1.54, 1.807) is 12.1 Å². The highest BCUT2D eigenvalue weighted by molar-refractivity contribution is 6.00. The van der Waals surface area contributed by atoms with Gasteiger partial charge in [-0.1, -0.05) is 30.3 Å². The molecule has 3 rings (SSSR count). The number of ketones is 1. The Morgan fingerprint density at radius 3 is 2.58 bits per heavy atom. The van der Waals surface area contributed by atoms with Crippen molar-refractivity contribution in [3.05, 3.63) is 59.2 Å². The molecule has 1 aliphatic heterocycles. The largest absolute Gasteiger partial charge is 0.493 e. The standard InChI is InChI=1S/C21H21NO4/c1-24-19-11-17(13-22)18(21(23)16-7-9-25-10-8-16)12-20(19)26-14-15-5-3-2-4-6-15/h2-6,11-12,16H,7-10,14H2,1H3. The summed E-state index contributed by atoms with van der Waals surface area (Å²) >= 11 is 0. The van der Waals surface area contributed by atoms with Crippen LogP contribution in [0.2, 0.25) is 0 Å². The normalized spacial score (nSPS) is 14.5. The number of carbonyl (C=O) groups is 1. The van der Waals surface area contributed by atoms with Crippen molar-refractivity contribution in [2.45, 2.75) is 19.4 Å². The first-order chi connectivity index (χ1) is 12.7. The minimum Gasteiger partial charge on any atom is -0.493 e. The zero-order valence-corrected chi connectivity index (χ0v) is 14.7. The average molecular weight is 351 g/mol. The predicted molar refractivity (Wildman–Crippen MR) is 96.4 cm³/mol. The van der Waals surface area contributed by atoms with Crippen LogP contribution in [0.15, 0.2) is 42.5 Å². The number of nitriles is 1. The molecular weight excluding hydrogens is 330 g/mol. The van der Waals surface area contributed by atoms with Gasteiger partial charge >= 0.3 is 0 Å². The van der Waals surface area contributed by atoms with Crippen molar-refractivity contribution in [3.8, 4) is 17.6 Å². The van der Waals surface area contributed by atoms with Gasteiger partial charge in [-0.2, -0.15) is 5.26 Å². The topological polar surface area (TPSA) is 68.5 Å². The summed E-state index contributed by atoms with van der Waals surface area (Å²) < 4.78 is 16.6. The first kappa shape index (κ1) is 18.0. The second-order valence-electron chi connectivity index (χ2n) is 6.19. The van der Waals surface area contributed by atoms with Gasteiger partial charge < -0.3 is 14.2 Å². The summed E-state index contributed by atoms with van der Waals surface area (Å²) in [4.78, 5) is 12.9. The average Bonchev–Trinajstić information content (AvgIpc) is 2.72. The molecule has 0 spiro atoms. The van der Waals surface area contributed by atoms with E-state index in [-0.39, 0.29) is 11.7 Å². The van der Waals surface area contributed by atoms with E-state index < -0.39 is 0 Å². The number of methoxy groups -OCH3 is 1. The summed E-state index contributed by atoms with van der Waals surface area (Å²) in [6, 6.07) is 15.1. The van der Waals surface area contributed by atoms with E-state index in [1.807, 2.05) is 30.3 Å². The molecule has 1 fully saturated rings. The summed E-state index contributed by atoms with van der Waals surface area (Å²) in [5.41, 5.74) is 1.71. The summed E-state index contributed by atoms with van der Waals surface area (Å²) in [6.07, 6.45) is 1.35. The fourth-order valence-electron chi connectivity index (χ4n) is 3.04. The van der Waals surface area contributed by atoms with Crippen LogP contribution in [0.3, 0.4) is 0 Å². The summed E-state index contributed by atoms with van der Waals surface area (Å²) in [5, 5.41) is 9.46. The zero-order valence-electron chi connectivity index (χ0n) is 14.7. The van der Waals surface area contributed by atoms with Crippen molar-refractivity contribution in [3.63, 3.8) is 0 Å². The molecule has 0 unspecified atom stereocenters. The molecule has 0 N–H and O–H groups in total. The molecule has 1 aliphatic rings. The summed E-state index contributed by atoms with van der Waals surface area (Å²) in [6.45, 7) is 1.51. The fraction of sp³-hybridized carbons (Fsp3) is 0.333. The van der Waals surface area contributed by atoms with Crippen molar-refractivity contribution in [2.75, 3.05) is 20.3 Å². The molecular formula is C21H21NO4. The number of hydrogen-bond donors (Lipinski definition) is 0. The van der Waals surface area contributed by atoms with E-state index in [1.165, 1.54) is 7.11 Å². The Morgan fingerprint density at radius 2 is 1.92 bits per heavy atom. The van der Waals surface area contributed by atoms with Crippen LogP contribution < -0.4 is 9.47 Å². The van der Waals surface area contributed by atoms with Gasteiger partial charge in [-0.15, -0.1) is 0 Å². The Bertz CT molecular complexity index is 805. The van der Waals surface area contributed by atoms with Gasteiger partial charge in [0.1, 0.15) is 12.7 Å². The number of nitrogens with zero attached hydrogens (tertiary/aromatic N) is 1. The second-order valence-corrected chi connectivity index (χ2v) is 6.19. The lowest BCUT2D eigenvalue weighted by Crippen LogP contribution is -2.24. The monoisotopic (exact) mass is 351 g/mol. The van der Waals surface area contributed by atoms with Gasteiger partial charge in [0.2, 0.25) is 0 Å². The molecule has 26 heavy (non-hydrogen) atoms. The van der Waals surface area contributed by atoms with Crippen LogP contribution in [0.4, 0.5) is 0 Å². The van der Waals surface area contributed by atoms with Crippen LogP contribution >= 0.6 is 0 Å². The van der Waals surface area contributed by atoms with Gasteiger partial charge in [0, 0.05) is 30.8 Å². The SMILES string of the molecule is COc1cc(C#N)c(C(=O)C2CCOCC2)cc1OCc1ccccc1. The Hall–Kier alpha value is -2.84. The van der Waals surface area contributed by atoms with Gasteiger partial charge in [-0.05, 0) is 24.5 Å². The van der Waals surface area contributed by atoms with E-state index in [9.17, 15) is 10.1 Å². The van der Waals surface area contributed by atoms with Crippen LogP contribution in [-0.2, 0) is 11.3 Å². The van der Waals surface area contributed by atoms with Gasteiger partial charge in [-0.3, -0.25) is 4.79 Å². The number of benzene rings is 2. The van der Waals surface area contributed by atoms with E-state index in [4.69, 9.17) is 14.2 Å². The number of hydrogen-bond acceptors (Lipinski definition) is 5. The maximum atomic E-state index is 12.9. The van der Waals surface area contributed by atoms with Crippen LogP contribution in [0.25, 0.3) is 0 Å². The number of carbonyl (C=O) groups excluding carboxylic acids is 1. The third-order valence-corrected chi connectivity index (χ3v) is 4.52. The summed E-state index contributed by atoms with van der Waals surface area (Å²) in [7, 11) is 1.52. The lowest BCUT2D eigenvalue weighted by molar-refractivity contribution is 0.0544. The molecule has 134 valence electrons. The molecule has 0 aliphatic carbocycles. The first-order valence-electron chi connectivity index (χ1n) is 8.63. The van der Waals surface area contributed by atoms with Gasteiger partial charge in [0.05, 0.1) is 12.7 Å². The van der Waals surface area contributed by atoms with Crippen LogP contribution in [0.1, 0.15) is 34.3 Å². The smallest absolute Gasteiger partial charge is 0.167 e. The summed E-state index contributed by atoms with van der Waals surface area (Å²) in [5.74, 6) is 0.759. The Kier molecular flexibility index (Phi) is 5.88. The van der Waals surface area contributed by atoms with Crippen LogP contribution in [-0.4, -0.2) is 26.1 Å². The lowest BCUT2D eigenvalue weighted by atomic mass is 9.89. The van der Waals surface area contributed by atoms with Crippen molar-refractivity contribution in [1.29, 1.82) is 5.26 Å². The van der Waals surface area contributed by atoms with Gasteiger partial charge in [0.25, 0.3) is 0 Å². The molecule has 5 nitrogen and oxygen atoms in total. The number of Topliss-reactive ketones (excluding diaryl/α,β-unsaturated/α-hetero) is 1. The molecule has 5 heteroatoms.